The van der Waals surface area contributed by atoms with E-state index in [1.165, 1.54) is 12.1 Å². The highest BCUT2D eigenvalue weighted by atomic mass is 35.5. The molecule has 0 amide bonds. The maximum absolute atomic E-state index is 16.2. The number of halogens is 4. The molecule has 0 heterocycles. The fourth-order valence-electron chi connectivity index (χ4n) is 5.13. The SMILES string of the molecule is Cc1ccc(F)cc1C(C)(C)Cc1ccc(Cc2ccc(F)c(C(C)C)c2Cl)c(C(C)(C)C)c1F. The number of hydrogen-bond acceptors (Lipinski definition) is 0. The highest BCUT2D eigenvalue weighted by molar-refractivity contribution is 6.32. The molecule has 188 valence electrons. The molecule has 3 rings (SSSR count). The zero-order valence-corrected chi connectivity index (χ0v) is 22.8. The summed E-state index contributed by atoms with van der Waals surface area (Å²) in [6.07, 6.45) is 0.844. The van der Waals surface area contributed by atoms with Crippen LogP contribution >= 0.6 is 11.6 Å². The third-order valence-electron chi connectivity index (χ3n) is 6.78. The van der Waals surface area contributed by atoms with E-state index in [9.17, 15) is 8.78 Å². The molecule has 0 spiro atoms. The second-order valence-corrected chi connectivity index (χ2v) is 12.0. The third-order valence-corrected chi connectivity index (χ3v) is 7.23. The standard InChI is InChI=1S/C31H36ClF3/c1-18(2)26-25(34)14-12-21(28(26)32)15-20-10-11-22(29(35)27(20)30(4,5)6)17-31(7,8)24-16-23(33)13-9-19(24)3/h9-14,16,18H,15,17H2,1-8H3. The van der Waals surface area contributed by atoms with Crippen LogP contribution in [0.4, 0.5) is 13.2 Å². The first-order valence-corrected chi connectivity index (χ1v) is 12.6. The van der Waals surface area contributed by atoms with E-state index in [2.05, 4.69) is 0 Å². The molecule has 0 N–H and O–H groups in total. The Labute approximate surface area is 213 Å². The highest BCUT2D eigenvalue weighted by Gasteiger charge is 2.30. The maximum atomic E-state index is 16.2. The molecule has 3 aromatic rings. The largest absolute Gasteiger partial charge is 0.207 e. The Morgan fingerprint density at radius 1 is 0.829 bits per heavy atom. The minimum atomic E-state index is -0.462. The number of aryl methyl sites for hydroxylation is 1. The Kier molecular flexibility index (Phi) is 7.82. The second kappa shape index (κ2) is 10.0. The summed E-state index contributed by atoms with van der Waals surface area (Å²) in [5, 5.41) is 0.409. The minimum absolute atomic E-state index is 0.0582. The first-order chi connectivity index (χ1) is 16.1. The molecule has 0 bridgehead atoms. The Bertz CT molecular complexity index is 1230. The first kappa shape index (κ1) is 27.3. The van der Waals surface area contributed by atoms with Crippen molar-refractivity contribution in [1.29, 1.82) is 0 Å². The highest BCUT2D eigenvalue weighted by Crippen LogP contribution is 2.38. The molecule has 0 aliphatic heterocycles. The van der Waals surface area contributed by atoms with Gasteiger partial charge in [-0.2, -0.15) is 0 Å². The molecule has 0 radical (unpaired) electrons. The molecule has 3 aromatic carbocycles. The normalized spacial score (nSPS) is 12.5. The van der Waals surface area contributed by atoms with Crippen LogP contribution in [0.5, 0.6) is 0 Å². The molecule has 0 atom stereocenters. The molecule has 0 aliphatic carbocycles. The number of rotatable bonds is 6. The van der Waals surface area contributed by atoms with Crippen LogP contribution in [0.1, 0.15) is 93.3 Å². The van der Waals surface area contributed by atoms with Crippen LogP contribution in [0.2, 0.25) is 5.02 Å². The van der Waals surface area contributed by atoms with Gasteiger partial charge < -0.3 is 0 Å². The van der Waals surface area contributed by atoms with Gasteiger partial charge in [-0.3, -0.25) is 0 Å². The summed E-state index contributed by atoms with van der Waals surface area (Å²) in [5.41, 5.74) is 4.28. The lowest BCUT2D eigenvalue weighted by Gasteiger charge is -2.30. The van der Waals surface area contributed by atoms with Gasteiger partial charge in [0.1, 0.15) is 17.5 Å². The predicted octanol–water partition coefficient (Wildman–Crippen LogP) is 9.60. The minimum Gasteiger partial charge on any atom is -0.207 e. The van der Waals surface area contributed by atoms with Crippen molar-refractivity contribution in [3.8, 4) is 0 Å². The average molecular weight is 501 g/mol. The van der Waals surface area contributed by atoms with Gasteiger partial charge >= 0.3 is 0 Å². The van der Waals surface area contributed by atoms with E-state index in [4.69, 9.17) is 11.6 Å². The van der Waals surface area contributed by atoms with Crippen molar-refractivity contribution in [2.75, 3.05) is 0 Å². The molecule has 4 heteroatoms. The van der Waals surface area contributed by atoms with Gasteiger partial charge in [-0.05, 0) is 88.1 Å². The van der Waals surface area contributed by atoms with Crippen LogP contribution < -0.4 is 0 Å². The third kappa shape index (κ3) is 5.77. The van der Waals surface area contributed by atoms with Crippen LogP contribution in [-0.4, -0.2) is 0 Å². The van der Waals surface area contributed by atoms with Crippen molar-refractivity contribution in [2.45, 2.75) is 85.0 Å². The lowest BCUT2D eigenvalue weighted by atomic mass is 9.75. The Balaban J connectivity index is 2.07. The van der Waals surface area contributed by atoms with Crippen molar-refractivity contribution >= 4 is 11.6 Å². The van der Waals surface area contributed by atoms with E-state index in [1.807, 2.05) is 67.5 Å². The summed E-state index contributed by atoms with van der Waals surface area (Å²) in [5.74, 6) is -0.903. The average Bonchev–Trinajstić information content (AvgIpc) is 2.72. The molecular formula is C31H36ClF3. The van der Waals surface area contributed by atoms with Gasteiger partial charge in [0.25, 0.3) is 0 Å². The van der Waals surface area contributed by atoms with Crippen LogP contribution in [0.15, 0.2) is 42.5 Å². The molecule has 0 nitrogen and oxygen atoms in total. The summed E-state index contributed by atoms with van der Waals surface area (Å²) < 4.78 is 44.6. The van der Waals surface area contributed by atoms with E-state index in [0.717, 1.165) is 22.3 Å². The Morgan fingerprint density at radius 2 is 1.43 bits per heavy atom. The summed E-state index contributed by atoms with van der Waals surface area (Å²) in [6, 6.07) is 11.7. The number of benzene rings is 3. The molecule has 0 fully saturated rings. The van der Waals surface area contributed by atoms with Crippen molar-refractivity contribution < 1.29 is 13.2 Å². The Morgan fingerprint density at radius 3 is 2.03 bits per heavy atom. The van der Waals surface area contributed by atoms with Gasteiger partial charge in [-0.1, -0.05) is 84.3 Å². The summed E-state index contributed by atoms with van der Waals surface area (Å²) in [6.45, 7) is 15.8. The van der Waals surface area contributed by atoms with Crippen LogP contribution in [0, 0.1) is 24.4 Å². The first-order valence-electron chi connectivity index (χ1n) is 12.2. The van der Waals surface area contributed by atoms with E-state index in [0.29, 0.717) is 34.6 Å². The van der Waals surface area contributed by atoms with E-state index in [1.54, 1.807) is 18.2 Å². The molecule has 0 saturated carbocycles. The lowest BCUT2D eigenvalue weighted by Crippen LogP contribution is -2.25. The number of hydrogen-bond donors (Lipinski definition) is 0. The fraction of sp³-hybridized carbons (Fsp3) is 0.419. The van der Waals surface area contributed by atoms with Crippen LogP contribution in [-0.2, 0) is 23.7 Å². The summed E-state index contributed by atoms with van der Waals surface area (Å²) in [7, 11) is 0. The van der Waals surface area contributed by atoms with E-state index < -0.39 is 10.8 Å². The van der Waals surface area contributed by atoms with Crippen molar-refractivity contribution in [3.63, 3.8) is 0 Å². The van der Waals surface area contributed by atoms with Crippen molar-refractivity contribution in [2.24, 2.45) is 0 Å². The Hall–Kier alpha value is -2.26. The molecule has 35 heavy (non-hydrogen) atoms. The zero-order chi connectivity index (χ0) is 26.3. The molecule has 0 saturated heterocycles. The van der Waals surface area contributed by atoms with Gasteiger partial charge in [-0.15, -0.1) is 0 Å². The lowest BCUT2D eigenvalue weighted by molar-refractivity contribution is 0.473. The van der Waals surface area contributed by atoms with E-state index in [-0.39, 0.29) is 23.4 Å². The fourth-order valence-corrected chi connectivity index (χ4v) is 5.57. The van der Waals surface area contributed by atoms with Gasteiger partial charge in [-0.25, -0.2) is 13.2 Å². The van der Waals surface area contributed by atoms with Crippen molar-refractivity contribution in [3.05, 3.63) is 104 Å². The maximum Gasteiger partial charge on any atom is 0.130 e. The van der Waals surface area contributed by atoms with Gasteiger partial charge in [0.15, 0.2) is 0 Å². The quantitative estimate of drug-likeness (QED) is 0.316. The predicted molar refractivity (Wildman–Crippen MR) is 141 cm³/mol. The molecular weight excluding hydrogens is 465 g/mol. The second-order valence-electron chi connectivity index (χ2n) is 11.6. The van der Waals surface area contributed by atoms with Gasteiger partial charge in [0.2, 0.25) is 0 Å². The van der Waals surface area contributed by atoms with Crippen LogP contribution in [0.25, 0.3) is 0 Å². The topological polar surface area (TPSA) is 0 Å². The monoisotopic (exact) mass is 500 g/mol. The molecule has 0 unspecified atom stereocenters. The van der Waals surface area contributed by atoms with Gasteiger partial charge in [0.05, 0.1) is 5.02 Å². The van der Waals surface area contributed by atoms with E-state index >= 15 is 4.39 Å². The van der Waals surface area contributed by atoms with Crippen molar-refractivity contribution in [1.82, 2.24) is 0 Å². The molecule has 0 aromatic heterocycles. The van der Waals surface area contributed by atoms with Gasteiger partial charge in [0, 0.05) is 5.56 Å². The zero-order valence-electron chi connectivity index (χ0n) is 22.0. The smallest absolute Gasteiger partial charge is 0.130 e. The van der Waals surface area contributed by atoms with Crippen LogP contribution in [0.3, 0.4) is 0 Å². The molecule has 0 aliphatic rings. The summed E-state index contributed by atoms with van der Waals surface area (Å²) in [4.78, 5) is 0. The summed E-state index contributed by atoms with van der Waals surface area (Å²) >= 11 is 6.61.